The number of rotatable bonds is 6. The SMILES string of the molecule is COc1cc(CNc2c(C)n[nH]c2C)ccc1OC(C)C. The van der Waals surface area contributed by atoms with E-state index in [1.165, 1.54) is 0 Å². The van der Waals surface area contributed by atoms with Crippen LogP contribution in [0, 0.1) is 13.8 Å². The zero-order valence-corrected chi connectivity index (χ0v) is 13.3. The lowest BCUT2D eigenvalue weighted by atomic mass is 10.2. The third kappa shape index (κ3) is 3.68. The Morgan fingerprint density at radius 3 is 2.57 bits per heavy atom. The van der Waals surface area contributed by atoms with E-state index in [1.54, 1.807) is 7.11 Å². The monoisotopic (exact) mass is 289 g/mol. The third-order valence-corrected chi connectivity index (χ3v) is 3.19. The minimum Gasteiger partial charge on any atom is -0.493 e. The highest BCUT2D eigenvalue weighted by molar-refractivity contribution is 5.52. The number of hydrogen-bond donors (Lipinski definition) is 2. The molecule has 0 saturated carbocycles. The van der Waals surface area contributed by atoms with Crippen LogP contribution in [0.3, 0.4) is 0 Å². The largest absolute Gasteiger partial charge is 0.493 e. The molecule has 0 fully saturated rings. The number of hydrogen-bond acceptors (Lipinski definition) is 4. The normalized spacial score (nSPS) is 10.8. The summed E-state index contributed by atoms with van der Waals surface area (Å²) < 4.78 is 11.1. The first-order chi connectivity index (χ1) is 10.0. The van der Waals surface area contributed by atoms with Gasteiger partial charge in [0.05, 0.1) is 30.3 Å². The molecule has 0 saturated heterocycles. The van der Waals surface area contributed by atoms with Crippen molar-refractivity contribution in [2.24, 2.45) is 0 Å². The summed E-state index contributed by atoms with van der Waals surface area (Å²) in [7, 11) is 1.66. The average molecular weight is 289 g/mol. The van der Waals surface area contributed by atoms with Gasteiger partial charge in [-0.25, -0.2) is 0 Å². The molecule has 0 radical (unpaired) electrons. The molecule has 0 atom stereocenters. The Balaban J connectivity index is 2.11. The van der Waals surface area contributed by atoms with Crippen LogP contribution in [0.1, 0.15) is 30.8 Å². The summed E-state index contributed by atoms with van der Waals surface area (Å²) in [5, 5.41) is 10.5. The van der Waals surface area contributed by atoms with Gasteiger partial charge in [0.2, 0.25) is 0 Å². The van der Waals surface area contributed by atoms with Gasteiger partial charge in [-0.2, -0.15) is 5.10 Å². The molecular weight excluding hydrogens is 266 g/mol. The van der Waals surface area contributed by atoms with Crippen LogP contribution in [0.5, 0.6) is 11.5 Å². The summed E-state index contributed by atoms with van der Waals surface area (Å²) in [6.07, 6.45) is 0.124. The van der Waals surface area contributed by atoms with E-state index < -0.39 is 0 Å². The molecule has 21 heavy (non-hydrogen) atoms. The Bertz CT molecular complexity index is 586. The fourth-order valence-electron chi connectivity index (χ4n) is 2.18. The van der Waals surface area contributed by atoms with Gasteiger partial charge in [-0.05, 0) is 45.4 Å². The maximum atomic E-state index is 5.72. The molecule has 5 nitrogen and oxygen atoms in total. The van der Waals surface area contributed by atoms with Crippen molar-refractivity contribution >= 4 is 5.69 Å². The molecule has 2 aromatic rings. The van der Waals surface area contributed by atoms with Gasteiger partial charge in [0.15, 0.2) is 11.5 Å². The minimum atomic E-state index is 0.124. The van der Waals surface area contributed by atoms with Gasteiger partial charge >= 0.3 is 0 Å². The van der Waals surface area contributed by atoms with Crippen molar-refractivity contribution in [3.05, 3.63) is 35.2 Å². The molecule has 0 aliphatic rings. The van der Waals surface area contributed by atoms with Gasteiger partial charge in [0.25, 0.3) is 0 Å². The summed E-state index contributed by atoms with van der Waals surface area (Å²) >= 11 is 0. The predicted octanol–water partition coefficient (Wildman–Crippen LogP) is 3.43. The lowest BCUT2D eigenvalue weighted by Gasteiger charge is -2.15. The van der Waals surface area contributed by atoms with Gasteiger partial charge in [0, 0.05) is 6.54 Å². The standard InChI is InChI=1S/C16H23N3O2/c1-10(2)21-14-7-6-13(8-15(14)20-5)9-17-16-11(3)18-19-12(16)4/h6-8,10,17H,9H2,1-5H3,(H,18,19). The van der Waals surface area contributed by atoms with Gasteiger partial charge in [0.1, 0.15) is 0 Å². The second kappa shape index (κ2) is 6.52. The molecule has 5 heteroatoms. The van der Waals surface area contributed by atoms with E-state index in [-0.39, 0.29) is 6.10 Å². The topological polar surface area (TPSA) is 59.2 Å². The highest BCUT2D eigenvalue weighted by Crippen LogP contribution is 2.29. The Morgan fingerprint density at radius 1 is 1.24 bits per heavy atom. The van der Waals surface area contributed by atoms with Crippen molar-refractivity contribution in [3.63, 3.8) is 0 Å². The maximum absolute atomic E-state index is 5.72. The van der Waals surface area contributed by atoms with Crippen molar-refractivity contribution < 1.29 is 9.47 Å². The van der Waals surface area contributed by atoms with Gasteiger partial charge in [-0.15, -0.1) is 0 Å². The molecule has 0 bridgehead atoms. The molecule has 0 unspecified atom stereocenters. The van der Waals surface area contributed by atoms with Crippen LogP contribution in [0.4, 0.5) is 5.69 Å². The maximum Gasteiger partial charge on any atom is 0.161 e. The first-order valence-corrected chi connectivity index (χ1v) is 7.10. The Hall–Kier alpha value is -2.17. The van der Waals surface area contributed by atoms with Crippen molar-refractivity contribution in [2.45, 2.75) is 40.3 Å². The van der Waals surface area contributed by atoms with Crippen LogP contribution in [-0.4, -0.2) is 23.4 Å². The molecule has 0 amide bonds. The molecule has 2 N–H and O–H groups in total. The van der Waals surface area contributed by atoms with Crippen LogP contribution in [0.25, 0.3) is 0 Å². The fourth-order valence-corrected chi connectivity index (χ4v) is 2.18. The van der Waals surface area contributed by atoms with E-state index in [9.17, 15) is 0 Å². The predicted molar refractivity (Wildman–Crippen MR) is 84.1 cm³/mol. The highest BCUT2D eigenvalue weighted by atomic mass is 16.5. The lowest BCUT2D eigenvalue weighted by Crippen LogP contribution is -2.07. The second-order valence-electron chi connectivity index (χ2n) is 5.31. The number of benzene rings is 1. The van der Waals surface area contributed by atoms with Crippen molar-refractivity contribution in [1.29, 1.82) is 0 Å². The van der Waals surface area contributed by atoms with Crippen LogP contribution in [0.2, 0.25) is 0 Å². The van der Waals surface area contributed by atoms with Crippen molar-refractivity contribution in [2.75, 3.05) is 12.4 Å². The van der Waals surface area contributed by atoms with E-state index in [2.05, 4.69) is 15.5 Å². The number of aryl methyl sites for hydroxylation is 2. The summed E-state index contributed by atoms with van der Waals surface area (Å²) in [4.78, 5) is 0. The zero-order chi connectivity index (χ0) is 15.4. The first-order valence-electron chi connectivity index (χ1n) is 7.10. The smallest absolute Gasteiger partial charge is 0.161 e. The van der Waals surface area contributed by atoms with E-state index in [1.807, 2.05) is 45.9 Å². The Labute approximate surface area is 125 Å². The van der Waals surface area contributed by atoms with Crippen LogP contribution >= 0.6 is 0 Å². The number of ether oxygens (including phenoxy) is 2. The molecule has 1 aromatic heterocycles. The second-order valence-corrected chi connectivity index (χ2v) is 5.31. The summed E-state index contributed by atoms with van der Waals surface area (Å²) in [5.41, 5.74) is 4.19. The van der Waals surface area contributed by atoms with E-state index in [0.717, 1.165) is 34.1 Å². The number of nitrogens with zero attached hydrogens (tertiary/aromatic N) is 1. The molecule has 1 aromatic carbocycles. The molecular formula is C16H23N3O2. The molecule has 114 valence electrons. The number of anilines is 1. The molecule has 0 spiro atoms. The number of aromatic nitrogens is 2. The summed E-state index contributed by atoms with van der Waals surface area (Å²) in [6.45, 7) is 8.69. The average Bonchev–Trinajstić information content (AvgIpc) is 2.76. The number of H-pyrrole nitrogens is 1. The summed E-state index contributed by atoms with van der Waals surface area (Å²) in [5.74, 6) is 1.52. The fraction of sp³-hybridized carbons (Fsp3) is 0.438. The summed E-state index contributed by atoms with van der Waals surface area (Å²) in [6, 6.07) is 5.98. The van der Waals surface area contributed by atoms with Crippen LogP contribution < -0.4 is 14.8 Å². The van der Waals surface area contributed by atoms with E-state index in [4.69, 9.17) is 9.47 Å². The molecule has 0 aliphatic heterocycles. The number of nitrogens with one attached hydrogen (secondary N) is 2. The van der Waals surface area contributed by atoms with Gasteiger partial charge in [-0.1, -0.05) is 6.07 Å². The van der Waals surface area contributed by atoms with E-state index >= 15 is 0 Å². The van der Waals surface area contributed by atoms with Gasteiger partial charge in [-0.3, -0.25) is 5.10 Å². The lowest BCUT2D eigenvalue weighted by molar-refractivity contribution is 0.230. The van der Waals surface area contributed by atoms with Crippen molar-refractivity contribution in [3.8, 4) is 11.5 Å². The zero-order valence-electron chi connectivity index (χ0n) is 13.3. The first kappa shape index (κ1) is 15.2. The quantitative estimate of drug-likeness (QED) is 0.855. The highest BCUT2D eigenvalue weighted by Gasteiger charge is 2.09. The van der Waals surface area contributed by atoms with E-state index in [0.29, 0.717) is 6.54 Å². The minimum absolute atomic E-state index is 0.124. The number of methoxy groups -OCH3 is 1. The Kier molecular flexibility index (Phi) is 4.73. The van der Waals surface area contributed by atoms with Gasteiger partial charge < -0.3 is 14.8 Å². The molecule has 1 heterocycles. The van der Waals surface area contributed by atoms with Crippen LogP contribution in [-0.2, 0) is 6.54 Å². The Morgan fingerprint density at radius 2 is 2.00 bits per heavy atom. The van der Waals surface area contributed by atoms with Crippen molar-refractivity contribution in [1.82, 2.24) is 10.2 Å². The molecule has 0 aliphatic carbocycles. The van der Waals surface area contributed by atoms with Crippen LogP contribution in [0.15, 0.2) is 18.2 Å². The third-order valence-electron chi connectivity index (χ3n) is 3.19. The molecule has 2 rings (SSSR count). The number of aromatic amines is 1.